The predicted octanol–water partition coefficient (Wildman–Crippen LogP) is 2.59. The van der Waals surface area contributed by atoms with Crippen LogP contribution in [-0.4, -0.2) is 31.8 Å². The SMILES string of the molecule is CCOC(=O)c1c(C(O)c2ccnc3ccccc23)sc2c1c(=O)n(C)c(=O)n2CC. The number of para-hydroxylation sites is 1. The number of thiophene rings is 1. The van der Waals surface area contributed by atoms with E-state index in [0.717, 1.165) is 21.3 Å². The second-order valence-electron chi connectivity index (χ2n) is 6.95. The highest BCUT2D eigenvalue weighted by Crippen LogP contribution is 2.38. The number of fused-ring (bicyclic) bond motifs is 2. The number of ether oxygens (including phenoxy) is 1. The number of aromatic nitrogens is 3. The third kappa shape index (κ3) is 3.26. The molecular weight excluding hydrogens is 418 g/mol. The Morgan fingerprint density at radius 1 is 1.23 bits per heavy atom. The summed E-state index contributed by atoms with van der Waals surface area (Å²) >= 11 is 1.06. The highest BCUT2D eigenvalue weighted by Gasteiger charge is 2.30. The van der Waals surface area contributed by atoms with Crippen molar-refractivity contribution in [3.05, 3.63) is 73.4 Å². The Bertz CT molecular complexity index is 1430. The fourth-order valence-corrected chi connectivity index (χ4v) is 5.07. The van der Waals surface area contributed by atoms with Crippen molar-refractivity contribution in [2.45, 2.75) is 26.5 Å². The quantitative estimate of drug-likeness (QED) is 0.480. The molecule has 8 nitrogen and oxygen atoms in total. The molecule has 1 aromatic carbocycles. The van der Waals surface area contributed by atoms with Gasteiger partial charge in [0.1, 0.15) is 10.9 Å². The van der Waals surface area contributed by atoms with Gasteiger partial charge in [-0.3, -0.25) is 18.9 Å². The van der Waals surface area contributed by atoms with Crippen LogP contribution in [-0.2, 0) is 18.3 Å². The minimum atomic E-state index is -1.21. The minimum Gasteiger partial charge on any atom is -0.462 e. The van der Waals surface area contributed by atoms with Gasteiger partial charge in [-0.05, 0) is 31.5 Å². The van der Waals surface area contributed by atoms with Gasteiger partial charge in [0.2, 0.25) is 0 Å². The Labute approximate surface area is 181 Å². The van der Waals surface area contributed by atoms with Gasteiger partial charge in [0.25, 0.3) is 5.56 Å². The third-order valence-electron chi connectivity index (χ3n) is 5.22. The first kappa shape index (κ1) is 21.0. The van der Waals surface area contributed by atoms with E-state index in [1.54, 1.807) is 26.1 Å². The fourth-order valence-electron chi connectivity index (χ4n) is 3.72. The van der Waals surface area contributed by atoms with Crippen LogP contribution in [0.5, 0.6) is 0 Å². The van der Waals surface area contributed by atoms with Crippen molar-refractivity contribution in [1.29, 1.82) is 0 Å². The molecule has 160 valence electrons. The smallest absolute Gasteiger partial charge is 0.340 e. The molecule has 0 fully saturated rings. The summed E-state index contributed by atoms with van der Waals surface area (Å²) in [5, 5.41) is 12.2. The van der Waals surface area contributed by atoms with Crippen molar-refractivity contribution in [1.82, 2.24) is 14.1 Å². The summed E-state index contributed by atoms with van der Waals surface area (Å²) in [5.41, 5.74) is 0.163. The fraction of sp³-hybridized carbons (Fsp3) is 0.273. The summed E-state index contributed by atoms with van der Waals surface area (Å²) in [6.07, 6.45) is 0.369. The van der Waals surface area contributed by atoms with Crippen LogP contribution in [0.2, 0.25) is 0 Å². The molecule has 1 N–H and O–H groups in total. The molecule has 0 amide bonds. The molecule has 0 aliphatic heterocycles. The van der Waals surface area contributed by atoms with Gasteiger partial charge < -0.3 is 9.84 Å². The maximum atomic E-state index is 13.0. The van der Waals surface area contributed by atoms with Crippen LogP contribution in [0.4, 0.5) is 0 Å². The van der Waals surface area contributed by atoms with Gasteiger partial charge >= 0.3 is 11.7 Å². The topological polar surface area (TPSA) is 103 Å². The third-order valence-corrected chi connectivity index (χ3v) is 6.49. The normalized spacial score (nSPS) is 12.4. The number of benzene rings is 1. The van der Waals surface area contributed by atoms with Gasteiger partial charge in [0.15, 0.2) is 0 Å². The number of carbonyl (C=O) groups excluding carboxylic acids is 1. The lowest BCUT2D eigenvalue weighted by Gasteiger charge is -2.14. The Morgan fingerprint density at radius 3 is 2.68 bits per heavy atom. The van der Waals surface area contributed by atoms with E-state index in [4.69, 9.17) is 4.74 Å². The second-order valence-corrected chi connectivity index (χ2v) is 7.98. The molecule has 0 aliphatic carbocycles. The number of carbonyl (C=O) groups is 1. The Hall–Kier alpha value is -3.30. The number of aliphatic hydroxyl groups excluding tert-OH is 1. The number of nitrogens with zero attached hydrogens (tertiary/aromatic N) is 3. The summed E-state index contributed by atoms with van der Waals surface area (Å²) in [6.45, 7) is 3.86. The average Bonchev–Trinajstić information content (AvgIpc) is 3.18. The highest BCUT2D eigenvalue weighted by atomic mass is 32.1. The van der Waals surface area contributed by atoms with Crippen LogP contribution in [0.3, 0.4) is 0 Å². The molecule has 9 heteroatoms. The number of hydrogen-bond acceptors (Lipinski definition) is 7. The lowest BCUT2D eigenvalue weighted by molar-refractivity contribution is 0.0524. The number of esters is 1. The molecule has 4 rings (SSSR count). The predicted molar refractivity (Wildman–Crippen MR) is 119 cm³/mol. The van der Waals surface area contributed by atoms with Crippen LogP contribution in [0.1, 0.15) is 40.8 Å². The van der Waals surface area contributed by atoms with Crippen molar-refractivity contribution < 1.29 is 14.6 Å². The molecule has 0 saturated carbocycles. The number of hydrogen-bond donors (Lipinski definition) is 1. The molecule has 0 bridgehead atoms. The summed E-state index contributed by atoms with van der Waals surface area (Å²) in [6, 6.07) is 9.02. The van der Waals surface area contributed by atoms with Crippen LogP contribution in [0.15, 0.2) is 46.1 Å². The Kier molecular flexibility index (Phi) is 5.47. The van der Waals surface area contributed by atoms with Crippen molar-refractivity contribution in [2.75, 3.05) is 6.61 Å². The monoisotopic (exact) mass is 439 g/mol. The van der Waals surface area contributed by atoms with E-state index < -0.39 is 23.3 Å². The first-order chi connectivity index (χ1) is 14.9. The largest absolute Gasteiger partial charge is 0.462 e. The molecule has 3 aromatic heterocycles. The van der Waals surface area contributed by atoms with Gasteiger partial charge in [-0.2, -0.15) is 0 Å². The molecule has 0 aliphatic rings. The molecule has 0 radical (unpaired) electrons. The summed E-state index contributed by atoms with van der Waals surface area (Å²) in [5.74, 6) is -0.709. The van der Waals surface area contributed by atoms with Crippen molar-refractivity contribution >= 4 is 38.4 Å². The molecule has 3 heterocycles. The Morgan fingerprint density at radius 2 is 1.97 bits per heavy atom. The van der Waals surface area contributed by atoms with E-state index in [2.05, 4.69) is 4.98 Å². The lowest BCUT2D eigenvalue weighted by Crippen LogP contribution is -2.37. The van der Waals surface area contributed by atoms with Gasteiger partial charge in [0, 0.05) is 25.2 Å². The number of aliphatic hydroxyl groups is 1. The zero-order valence-corrected chi connectivity index (χ0v) is 18.1. The van der Waals surface area contributed by atoms with Crippen LogP contribution < -0.4 is 11.2 Å². The van der Waals surface area contributed by atoms with Gasteiger partial charge in [-0.1, -0.05) is 18.2 Å². The molecule has 1 atom stereocenters. The van der Waals surface area contributed by atoms with E-state index in [9.17, 15) is 19.5 Å². The van der Waals surface area contributed by atoms with Crippen molar-refractivity contribution in [3.8, 4) is 0 Å². The van der Waals surface area contributed by atoms with E-state index >= 15 is 0 Å². The highest BCUT2D eigenvalue weighted by molar-refractivity contribution is 7.19. The second kappa shape index (κ2) is 8.09. The first-order valence-electron chi connectivity index (χ1n) is 9.85. The molecule has 1 unspecified atom stereocenters. The Balaban J connectivity index is 2.09. The zero-order chi connectivity index (χ0) is 22.3. The van der Waals surface area contributed by atoms with Gasteiger partial charge in [-0.25, -0.2) is 9.59 Å². The van der Waals surface area contributed by atoms with E-state index in [1.165, 1.54) is 11.6 Å². The maximum Gasteiger partial charge on any atom is 0.340 e. The molecule has 0 saturated heterocycles. The van der Waals surface area contributed by atoms with Gasteiger partial charge in [-0.15, -0.1) is 11.3 Å². The molecule has 4 aromatic rings. The minimum absolute atomic E-state index is 0.00181. The van der Waals surface area contributed by atoms with E-state index in [1.807, 2.05) is 24.3 Å². The first-order valence-corrected chi connectivity index (χ1v) is 10.7. The van der Waals surface area contributed by atoms with Crippen LogP contribution in [0, 0.1) is 0 Å². The molecular formula is C22H21N3O5S. The number of pyridine rings is 1. The number of aryl methyl sites for hydroxylation is 1. The van der Waals surface area contributed by atoms with Crippen molar-refractivity contribution in [2.24, 2.45) is 7.05 Å². The average molecular weight is 439 g/mol. The van der Waals surface area contributed by atoms with Crippen molar-refractivity contribution in [3.63, 3.8) is 0 Å². The standard InChI is InChI=1S/C22H21N3O5S/c1-4-25-20-16(19(27)24(3)22(25)29)15(21(28)30-5-2)18(31-20)17(26)13-10-11-23-14-9-7-6-8-12(13)14/h6-11,17,26H,4-5H2,1-3H3. The summed E-state index contributed by atoms with van der Waals surface area (Å²) in [7, 11) is 1.37. The van der Waals surface area contributed by atoms with Crippen LogP contribution in [0.25, 0.3) is 21.1 Å². The van der Waals surface area contributed by atoms with E-state index in [0.29, 0.717) is 22.5 Å². The summed E-state index contributed by atoms with van der Waals surface area (Å²) in [4.78, 5) is 43.4. The molecule has 31 heavy (non-hydrogen) atoms. The summed E-state index contributed by atoms with van der Waals surface area (Å²) < 4.78 is 7.61. The zero-order valence-electron chi connectivity index (χ0n) is 17.3. The maximum absolute atomic E-state index is 13.0. The molecule has 0 spiro atoms. The number of rotatable bonds is 5. The lowest BCUT2D eigenvalue weighted by atomic mass is 10.00. The van der Waals surface area contributed by atoms with E-state index in [-0.39, 0.29) is 22.4 Å². The van der Waals surface area contributed by atoms with Gasteiger partial charge in [0.05, 0.1) is 28.0 Å². The van der Waals surface area contributed by atoms with Crippen LogP contribution >= 0.6 is 11.3 Å².